The summed E-state index contributed by atoms with van der Waals surface area (Å²) in [6.07, 6.45) is 5.20. The Balaban J connectivity index is 2.51. The first-order valence-electron chi connectivity index (χ1n) is 5.05. The molecule has 0 aromatic carbocycles. The average molecular weight is 340 g/mol. The number of aryl methyl sites for hydroxylation is 1. The molecular weight excluding hydrogens is 324 g/mol. The summed E-state index contributed by atoms with van der Waals surface area (Å²) in [5, 5.41) is 0. The monoisotopic (exact) mass is 338 g/mol. The van der Waals surface area contributed by atoms with Crippen LogP contribution in [0.25, 0.3) is 0 Å². The van der Waals surface area contributed by atoms with Gasteiger partial charge in [0.2, 0.25) is 0 Å². The first-order valence-corrected chi connectivity index (χ1v) is 7.57. The predicted molar refractivity (Wildman–Crippen MR) is 72.6 cm³/mol. The number of hydrogen-bond acceptors (Lipinski definition) is 1. The van der Waals surface area contributed by atoms with Crippen LogP contribution < -0.4 is 0 Å². The molecule has 0 spiro atoms. The molecule has 1 rings (SSSR count). The van der Waals surface area contributed by atoms with E-state index in [4.69, 9.17) is 0 Å². The van der Waals surface area contributed by atoms with Gasteiger partial charge in [0.05, 0.1) is 3.79 Å². The summed E-state index contributed by atoms with van der Waals surface area (Å²) in [4.78, 5) is 1.96. The molecule has 0 aliphatic heterocycles. The summed E-state index contributed by atoms with van der Waals surface area (Å²) < 4.78 is 1.24. The Kier molecular flexibility index (Phi) is 5.72. The van der Waals surface area contributed by atoms with E-state index in [9.17, 15) is 0 Å². The molecule has 0 N–H and O–H groups in total. The van der Waals surface area contributed by atoms with Crippen LogP contribution in [0.1, 0.15) is 47.9 Å². The average Bonchev–Trinajstić information content (AvgIpc) is 2.45. The fourth-order valence-electron chi connectivity index (χ4n) is 1.50. The SMILES string of the molecule is CCCCCC(Br)c1cc(Br)sc1C. The van der Waals surface area contributed by atoms with E-state index < -0.39 is 0 Å². The zero-order valence-electron chi connectivity index (χ0n) is 8.65. The van der Waals surface area contributed by atoms with Gasteiger partial charge in [0.1, 0.15) is 0 Å². The number of halogens is 2. The Bertz CT molecular complexity index is 281. The normalized spacial score (nSPS) is 13.1. The highest BCUT2D eigenvalue weighted by atomic mass is 79.9. The van der Waals surface area contributed by atoms with Crippen LogP contribution in [0.15, 0.2) is 9.85 Å². The van der Waals surface area contributed by atoms with Crippen molar-refractivity contribution in [3.05, 3.63) is 20.3 Å². The van der Waals surface area contributed by atoms with Crippen LogP contribution in [0.3, 0.4) is 0 Å². The van der Waals surface area contributed by atoms with Crippen LogP contribution in [-0.2, 0) is 0 Å². The van der Waals surface area contributed by atoms with Crippen LogP contribution in [0.4, 0.5) is 0 Å². The van der Waals surface area contributed by atoms with Crippen LogP contribution >= 0.6 is 43.2 Å². The Hall–Kier alpha value is 0.660. The van der Waals surface area contributed by atoms with Crippen LogP contribution in [-0.4, -0.2) is 0 Å². The third-order valence-electron chi connectivity index (χ3n) is 2.32. The lowest BCUT2D eigenvalue weighted by Crippen LogP contribution is -1.89. The zero-order chi connectivity index (χ0) is 10.6. The summed E-state index contributed by atoms with van der Waals surface area (Å²) in [6.45, 7) is 4.44. The Morgan fingerprint density at radius 3 is 2.64 bits per heavy atom. The Labute approximate surface area is 107 Å². The Morgan fingerprint density at radius 2 is 2.14 bits per heavy atom. The molecule has 1 heterocycles. The van der Waals surface area contributed by atoms with Gasteiger partial charge in [-0.3, -0.25) is 0 Å². The van der Waals surface area contributed by atoms with Crippen molar-refractivity contribution in [2.24, 2.45) is 0 Å². The summed E-state index contributed by atoms with van der Waals surface area (Å²) in [7, 11) is 0. The van der Waals surface area contributed by atoms with Gasteiger partial charge in [0, 0.05) is 9.70 Å². The van der Waals surface area contributed by atoms with E-state index in [1.807, 2.05) is 11.3 Å². The third kappa shape index (κ3) is 3.67. The topological polar surface area (TPSA) is 0 Å². The molecule has 1 unspecified atom stereocenters. The third-order valence-corrected chi connectivity index (χ3v) is 4.85. The van der Waals surface area contributed by atoms with Crippen LogP contribution in [0.2, 0.25) is 0 Å². The van der Waals surface area contributed by atoms with Crippen molar-refractivity contribution < 1.29 is 0 Å². The lowest BCUT2D eigenvalue weighted by atomic mass is 10.1. The molecule has 0 aliphatic rings. The van der Waals surface area contributed by atoms with E-state index in [0.29, 0.717) is 4.83 Å². The molecule has 1 atom stereocenters. The molecule has 1 aromatic heterocycles. The molecular formula is C11H16Br2S. The molecule has 14 heavy (non-hydrogen) atoms. The van der Waals surface area contributed by atoms with E-state index in [0.717, 1.165) is 0 Å². The fourth-order valence-corrected chi connectivity index (χ4v) is 4.22. The molecule has 0 fully saturated rings. The first-order chi connectivity index (χ1) is 6.65. The van der Waals surface area contributed by atoms with Gasteiger partial charge in [0.25, 0.3) is 0 Å². The minimum absolute atomic E-state index is 0.539. The van der Waals surface area contributed by atoms with Crippen LogP contribution in [0.5, 0.6) is 0 Å². The second-order valence-corrected chi connectivity index (χ2v) is 7.27. The highest BCUT2D eigenvalue weighted by Gasteiger charge is 2.12. The largest absolute Gasteiger partial charge is 0.133 e. The maximum absolute atomic E-state index is 3.77. The minimum atomic E-state index is 0.539. The highest BCUT2D eigenvalue weighted by Crippen LogP contribution is 2.37. The van der Waals surface area contributed by atoms with E-state index in [1.54, 1.807) is 0 Å². The van der Waals surface area contributed by atoms with Crippen molar-refractivity contribution >= 4 is 43.2 Å². The van der Waals surface area contributed by atoms with Gasteiger partial charge in [-0.2, -0.15) is 0 Å². The number of unbranched alkanes of at least 4 members (excludes halogenated alkanes) is 2. The van der Waals surface area contributed by atoms with Gasteiger partial charge in [-0.1, -0.05) is 42.1 Å². The summed E-state index contributed by atoms with van der Waals surface area (Å²) >= 11 is 9.12. The second kappa shape index (κ2) is 6.29. The van der Waals surface area contributed by atoms with Crippen LogP contribution in [0, 0.1) is 6.92 Å². The molecule has 0 saturated carbocycles. The summed E-state index contributed by atoms with van der Waals surface area (Å²) in [5.41, 5.74) is 1.46. The molecule has 0 saturated heterocycles. The lowest BCUT2D eigenvalue weighted by molar-refractivity contribution is 0.663. The summed E-state index contributed by atoms with van der Waals surface area (Å²) in [6, 6.07) is 2.24. The summed E-state index contributed by atoms with van der Waals surface area (Å²) in [5.74, 6) is 0. The van der Waals surface area contributed by atoms with Crippen molar-refractivity contribution in [2.45, 2.75) is 44.4 Å². The predicted octanol–water partition coefficient (Wildman–Crippen LogP) is 5.84. The van der Waals surface area contributed by atoms with E-state index in [2.05, 4.69) is 51.8 Å². The Morgan fingerprint density at radius 1 is 1.43 bits per heavy atom. The van der Waals surface area contributed by atoms with Crippen molar-refractivity contribution in [3.8, 4) is 0 Å². The minimum Gasteiger partial charge on any atom is -0.133 e. The van der Waals surface area contributed by atoms with Crippen molar-refractivity contribution in [1.29, 1.82) is 0 Å². The number of thiophene rings is 1. The number of rotatable bonds is 5. The smallest absolute Gasteiger partial charge is 0.0704 e. The maximum atomic E-state index is 3.77. The van der Waals surface area contributed by atoms with Crippen molar-refractivity contribution in [2.75, 3.05) is 0 Å². The molecule has 0 nitrogen and oxygen atoms in total. The first kappa shape index (κ1) is 12.7. The lowest BCUT2D eigenvalue weighted by Gasteiger charge is -2.08. The van der Waals surface area contributed by atoms with Gasteiger partial charge >= 0.3 is 0 Å². The van der Waals surface area contributed by atoms with Gasteiger partial charge in [-0.25, -0.2) is 0 Å². The quantitative estimate of drug-likeness (QED) is 0.467. The molecule has 80 valence electrons. The second-order valence-electron chi connectivity index (χ2n) is 3.53. The maximum Gasteiger partial charge on any atom is 0.0704 e. The molecule has 0 amide bonds. The highest BCUT2D eigenvalue weighted by molar-refractivity contribution is 9.11. The standard InChI is InChI=1S/C11H16Br2S/c1-3-4-5-6-10(12)9-7-11(13)14-8(9)2/h7,10H,3-6H2,1-2H3. The number of hydrogen-bond donors (Lipinski definition) is 0. The molecule has 1 aromatic rings. The molecule has 0 bridgehead atoms. The molecule has 0 aliphatic carbocycles. The van der Waals surface area contributed by atoms with Crippen molar-refractivity contribution in [1.82, 2.24) is 0 Å². The zero-order valence-corrected chi connectivity index (χ0v) is 12.6. The van der Waals surface area contributed by atoms with E-state index >= 15 is 0 Å². The molecule has 0 radical (unpaired) electrons. The fraction of sp³-hybridized carbons (Fsp3) is 0.636. The van der Waals surface area contributed by atoms with Gasteiger partial charge in [0.15, 0.2) is 0 Å². The van der Waals surface area contributed by atoms with E-state index in [-0.39, 0.29) is 0 Å². The van der Waals surface area contributed by atoms with E-state index in [1.165, 1.54) is 39.9 Å². The van der Waals surface area contributed by atoms with Gasteiger partial charge in [-0.05, 0) is 40.9 Å². The van der Waals surface area contributed by atoms with Gasteiger partial charge in [-0.15, -0.1) is 11.3 Å². The van der Waals surface area contributed by atoms with Crippen molar-refractivity contribution in [3.63, 3.8) is 0 Å². The van der Waals surface area contributed by atoms with Gasteiger partial charge < -0.3 is 0 Å². The number of alkyl halides is 1. The molecule has 3 heteroatoms.